The van der Waals surface area contributed by atoms with Gasteiger partial charge in [0.15, 0.2) is 0 Å². The smallest absolute Gasteiger partial charge is 0.0580 e. The predicted molar refractivity (Wildman–Crippen MR) is 87.3 cm³/mol. The molecular weight excluding hydrogens is 260 g/mol. The maximum Gasteiger partial charge on any atom is 0.0580 e. The lowest BCUT2D eigenvalue weighted by Crippen LogP contribution is -2.54. The van der Waals surface area contributed by atoms with Crippen LogP contribution in [0.4, 0.5) is 0 Å². The van der Waals surface area contributed by atoms with Crippen molar-refractivity contribution >= 4 is 0 Å². The lowest BCUT2D eigenvalue weighted by atomic mass is 9.77. The Morgan fingerprint density at radius 2 is 1.95 bits per heavy atom. The van der Waals surface area contributed by atoms with Crippen LogP contribution in [0.25, 0.3) is 0 Å². The van der Waals surface area contributed by atoms with Crippen molar-refractivity contribution in [3.05, 3.63) is 0 Å². The minimum Gasteiger partial charge on any atom is -0.393 e. The van der Waals surface area contributed by atoms with Gasteiger partial charge in [-0.1, -0.05) is 13.3 Å². The second-order valence-corrected chi connectivity index (χ2v) is 7.91. The fourth-order valence-electron chi connectivity index (χ4n) is 5.14. The Morgan fingerprint density at radius 3 is 2.76 bits per heavy atom. The molecule has 0 aromatic rings. The second kappa shape index (κ2) is 6.97. The van der Waals surface area contributed by atoms with Gasteiger partial charge < -0.3 is 14.9 Å². The normalized spacial score (nSPS) is 42.7. The van der Waals surface area contributed by atoms with Gasteiger partial charge in [0, 0.05) is 19.1 Å². The molecule has 5 unspecified atom stereocenters. The molecule has 2 aliphatic heterocycles. The second-order valence-electron chi connectivity index (χ2n) is 7.91. The molecule has 0 aromatic carbocycles. The monoisotopic (exact) mass is 294 g/mol. The van der Waals surface area contributed by atoms with Crippen LogP contribution in [-0.4, -0.2) is 60.3 Å². The van der Waals surface area contributed by atoms with Crippen LogP contribution in [0, 0.1) is 17.8 Å². The molecular formula is C18H34N2O. The number of nitrogens with zero attached hydrogens (tertiary/aromatic N) is 2. The average Bonchev–Trinajstić information content (AvgIpc) is 2.50. The van der Waals surface area contributed by atoms with Gasteiger partial charge in [0.2, 0.25) is 0 Å². The highest BCUT2D eigenvalue weighted by molar-refractivity contribution is 4.91. The molecule has 2 heterocycles. The standard InChI is InChI=1S/C18H34N2O/c1-3-14-6-7-18(21)16(11-14)13-20-10-8-17-15(12-20)5-4-9-19(17)2/h14-18,21H,3-13H2,1-2H3. The van der Waals surface area contributed by atoms with Gasteiger partial charge in [0.05, 0.1) is 6.10 Å². The van der Waals surface area contributed by atoms with Crippen molar-refractivity contribution in [3.8, 4) is 0 Å². The summed E-state index contributed by atoms with van der Waals surface area (Å²) in [6.45, 7) is 7.26. The Kier molecular flexibility index (Phi) is 5.23. The van der Waals surface area contributed by atoms with Gasteiger partial charge in [0.25, 0.3) is 0 Å². The molecule has 1 aliphatic carbocycles. The van der Waals surface area contributed by atoms with Crippen LogP contribution in [0.1, 0.15) is 51.9 Å². The topological polar surface area (TPSA) is 26.7 Å². The number of rotatable bonds is 3. The van der Waals surface area contributed by atoms with E-state index in [0.717, 1.165) is 30.8 Å². The largest absolute Gasteiger partial charge is 0.393 e. The SMILES string of the molecule is CCC1CCC(O)C(CN2CCC3C(CCCN3C)C2)C1. The van der Waals surface area contributed by atoms with Gasteiger partial charge >= 0.3 is 0 Å². The summed E-state index contributed by atoms with van der Waals surface area (Å²) < 4.78 is 0. The highest BCUT2D eigenvalue weighted by Crippen LogP contribution is 2.34. The first-order valence-electron chi connectivity index (χ1n) is 9.28. The Bertz CT molecular complexity index is 335. The van der Waals surface area contributed by atoms with Gasteiger partial charge in [-0.3, -0.25) is 0 Å². The summed E-state index contributed by atoms with van der Waals surface area (Å²) >= 11 is 0. The molecule has 3 fully saturated rings. The summed E-state index contributed by atoms with van der Waals surface area (Å²) in [5.74, 6) is 2.26. The van der Waals surface area contributed by atoms with E-state index in [0.29, 0.717) is 5.92 Å². The molecule has 0 bridgehead atoms. The maximum atomic E-state index is 10.4. The lowest BCUT2D eigenvalue weighted by Gasteiger charge is -2.47. The summed E-state index contributed by atoms with van der Waals surface area (Å²) in [6, 6.07) is 0.828. The van der Waals surface area contributed by atoms with Gasteiger partial charge in [-0.25, -0.2) is 0 Å². The van der Waals surface area contributed by atoms with Gasteiger partial charge in [-0.15, -0.1) is 0 Å². The zero-order chi connectivity index (χ0) is 14.8. The Hall–Kier alpha value is -0.120. The van der Waals surface area contributed by atoms with Crippen molar-refractivity contribution in [2.45, 2.75) is 64.0 Å². The Morgan fingerprint density at radius 1 is 1.10 bits per heavy atom. The molecule has 0 spiro atoms. The summed E-state index contributed by atoms with van der Waals surface area (Å²) in [6.07, 6.45) is 8.89. The average molecular weight is 294 g/mol. The number of fused-ring (bicyclic) bond motifs is 1. The van der Waals surface area contributed by atoms with Gasteiger partial charge in [-0.05, 0) is 76.4 Å². The van der Waals surface area contributed by atoms with E-state index in [9.17, 15) is 5.11 Å². The summed E-state index contributed by atoms with van der Waals surface area (Å²) in [7, 11) is 2.31. The number of hydrogen-bond acceptors (Lipinski definition) is 3. The maximum absolute atomic E-state index is 10.4. The highest BCUT2D eigenvalue weighted by atomic mass is 16.3. The zero-order valence-electron chi connectivity index (χ0n) is 14.0. The van der Waals surface area contributed by atoms with Crippen molar-refractivity contribution < 1.29 is 5.11 Å². The van der Waals surface area contributed by atoms with Crippen molar-refractivity contribution in [1.29, 1.82) is 0 Å². The number of aliphatic hydroxyl groups excluding tert-OH is 1. The molecule has 0 aromatic heterocycles. The van der Waals surface area contributed by atoms with Crippen LogP contribution in [-0.2, 0) is 0 Å². The minimum absolute atomic E-state index is 0.0421. The lowest BCUT2D eigenvalue weighted by molar-refractivity contribution is -0.00484. The third-order valence-electron chi connectivity index (χ3n) is 6.55. The van der Waals surface area contributed by atoms with E-state index in [4.69, 9.17) is 0 Å². The van der Waals surface area contributed by atoms with Crippen molar-refractivity contribution in [2.75, 3.05) is 33.2 Å². The van der Waals surface area contributed by atoms with Crippen molar-refractivity contribution in [3.63, 3.8) is 0 Å². The van der Waals surface area contributed by atoms with Crippen molar-refractivity contribution in [1.82, 2.24) is 9.80 Å². The molecule has 122 valence electrons. The van der Waals surface area contributed by atoms with E-state index < -0.39 is 0 Å². The Labute approximate surface area is 130 Å². The quantitative estimate of drug-likeness (QED) is 0.867. The van der Waals surface area contributed by atoms with E-state index in [1.807, 2.05) is 0 Å². The molecule has 3 aliphatic rings. The predicted octanol–water partition coefficient (Wildman–Crippen LogP) is 2.59. The van der Waals surface area contributed by atoms with Crippen molar-refractivity contribution in [2.24, 2.45) is 17.8 Å². The molecule has 0 amide bonds. The fourth-order valence-corrected chi connectivity index (χ4v) is 5.14. The molecule has 3 heteroatoms. The minimum atomic E-state index is -0.0421. The summed E-state index contributed by atoms with van der Waals surface area (Å²) in [5.41, 5.74) is 0. The zero-order valence-corrected chi connectivity index (χ0v) is 14.0. The number of likely N-dealkylation sites (tertiary alicyclic amines) is 2. The van der Waals surface area contributed by atoms with Crippen LogP contribution in [0.5, 0.6) is 0 Å². The van der Waals surface area contributed by atoms with E-state index in [1.54, 1.807) is 0 Å². The van der Waals surface area contributed by atoms with Crippen LogP contribution in [0.15, 0.2) is 0 Å². The van der Waals surface area contributed by atoms with Crippen LogP contribution < -0.4 is 0 Å². The molecule has 21 heavy (non-hydrogen) atoms. The van der Waals surface area contributed by atoms with Gasteiger partial charge in [-0.2, -0.15) is 0 Å². The number of piperidine rings is 2. The van der Waals surface area contributed by atoms with Crippen LogP contribution in [0.2, 0.25) is 0 Å². The molecule has 1 saturated carbocycles. The third kappa shape index (κ3) is 3.62. The first kappa shape index (κ1) is 15.8. The molecule has 3 nitrogen and oxygen atoms in total. The first-order valence-corrected chi connectivity index (χ1v) is 9.28. The van der Waals surface area contributed by atoms with E-state index in [-0.39, 0.29) is 6.10 Å². The molecule has 3 rings (SSSR count). The van der Waals surface area contributed by atoms with Crippen LogP contribution in [0.3, 0.4) is 0 Å². The number of aliphatic hydroxyl groups is 1. The molecule has 5 atom stereocenters. The fraction of sp³-hybridized carbons (Fsp3) is 1.00. The Balaban J connectivity index is 1.53. The first-order chi connectivity index (χ1) is 10.2. The van der Waals surface area contributed by atoms with E-state index >= 15 is 0 Å². The summed E-state index contributed by atoms with van der Waals surface area (Å²) in [5, 5.41) is 10.4. The number of hydrogen-bond donors (Lipinski definition) is 1. The molecule has 0 radical (unpaired) electrons. The summed E-state index contributed by atoms with van der Waals surface area (Å²) in [4.78, 5) is 5.26. The molecule has 1 N–H and O–H groups in total. The van der Waals surface area contributed by atoms with Crippen LogP contribution >= 0.6 is 0 Å². The van der Waals surface area contributed by atoms with E-state index in [2.05, 4.69) is 23.8 Å². The molecule has 2 saturated heterocycles. The van der Waals surface area contributed by atoms with E-state index in [1.165, 1.54) is 58.2 Å². The van der Waals surface area contributed by atoms with Gasteiger partial charge in [0.1, 0.15) is 0 Å². The third-order valence-corrected chi connectivity index (χ3v) is 6.55. The highest BCUT2D eigenvalue weighted by Gasteiger charge is 2.36.